The van der Waals surface area contributed by atoms with Crippen molar-refractivity contribution in [3.8, 4) is 5.75 Å². The summed E-state index contributed by atoms with van der Waals surface area (Å²) in [6.07, 6.45) is 0.863. The number of aliphatic hydroxyl groups is 1. The van der Waals surface area contributed by atoms with Gasteiger partial charge in [0.05, 0.1) is 0 Å². The Bertz CT molecular complexity index is 466. The average molecular weight is 282 g/mol. The monoisotopic (exact) mass is 282 g/mol. The van der Waals surface area contributed by atoms with Crippen molar-refractivity contribution in [1.29, 1.82) is 0 Å². The number of carbonyl (C=O) groups excluding carboxylic acids is 1. The Kier molecular flexibility index (Phi) is 4.57. The van der Waals surface area contributed by atoms with Crippen LogP contribution < -0.4 is 10.5 Å². The van der Waals surface area contributed by atoms with E-state index in [9.17, 15) is 14.3 Å². The van der Waals surface area contributed by atoms with Crippen molar-refractivity contribution in [2.45, 2.75) is 18.4 Å². The predicted molar refractivity (Wildman–Crippen MR) is 71.7 cm³/mol. The highest BCUT2D eigenvalue weighted by Gasteiger charge is 2.36. The van der Waals surface area contributed by atoms with Crippen molar-refractivity contribution in [1.82, 2.24) is 4.90 Å². The summed E-state index contributed by atoms with van der Waals surface area (Å²) in [7, 11) is 0. The van der Waals surface area contributed by atoms with E-state index in [1.54, 1.807) is 0 Å². The van der Waals surface area contributed by atoms with Gasteiger partial charge in [0.15, 0.2) is 0 Å². The zero-order valence-corrected chi connectivity index (χ0v) is 11.2. The van der Waals surface area contributed by atoms with Crippen LogP contribution >= 0.6 is 0 Å². The number of hydrogen-bond acceptors (Lipinski definition) is 4. The van der Waals surface area contributed by atoms with Crippen LogP contribution in [0.5, 0.6) is 5.75 Å². The maximum Gasteiger partial charge on any atom is 0.218 e. The van der Waals surface area contributed by atoms with Crippen molar-refractivity contribution in [2.75, 3.05) is 26.2 Å². The molecule has 1 fully saturated rings. The van der Waals surface area contributed by atoms with Gasteiger partial charge >= 0.3 is 0 Å². The van der Waals surface area contributed by atoms with Gasteiger partial charge in [0.25, 0.3) is 0 Å². The Hall–Kier alpha value is -1.66. The van der Waals surface area contributed by atoms with Crippen molar-refractivity contribution < 1.29 is 19.0 Å². The number of amides is 1. The Morgan fingerprint density at radius 2 is 2.15 bits per heavy atom. The fraction of sp³-hybridized carbons (Fsp3) is 0.500. The van der Waals surface area contributed by atoms with Gasteiger partial charge in [0.1, 0.15) is 23.8 Å². The van der Waals surface area contributed by atoms with Gasteiger partial charge in [-0.1, -0.05) is 0 Å². The smallest absolute Gasteiger partial charge is 0.218 e. The maximum atomic E-state index is 12.8. The number of β-amino-alcohol motifs (C(OH)–C–C–N with tert-alkyl or cyclic N) is 1. The number of likely N-dealkylation sites (tertiary alicyclic amines) is 1. The molecule has 0 radical (unpaired) electrons. The number of carbonyl (C=O) groups is 1. The lowest BCUT2D eigenvalue weighted by molar-refractivity contribution is -0.118. The molecule has 1 aromatic carbocycles. The molecule has 1 saturated heterocycles. The molecule has 0 aliphatic carbocycles. The number of hydrogen-bond donors (Lipinski definition) is 2. The summed E-state index contributed by atoms with van der Waals surface area (Å²) in [6.45, 7) is 1.85. The van der Waals surface area contributed by atoms with Crippen LogP contribution in [0, 0.1) is 5.82 Å². The number of benzene rings is 1. The molecule has 3 N–H and O–H groups in total. The number of nitrogens with zero attached hydrogens (tertiary/aromatic N) is 1. The van der Waals surface area contributed by atoms with E-state index in [4.69, 9.17) is 10.5 Å². The predicted octanol–water partition coefficient (Wildman–Crippen LogP) is 0.517. The molecule has 110 valence electrons. The van der Waals surface area contributed by atoms with Crippen LogP contribution in [0.1, 0.15) is 12.8 Å². The van der Waals surface area contributed by atoms with Crippen LogP contribution in [0.2, 0.25) is 0 Å². The lowest BCUT2D eigenvalue weighted by atomic mass is 10.1. The largest absolute Gasteiger partial charge is 0.491 e. The van der Waals surface area contributed by atoms with Crippen LogP contribution in [0.15, 0.2) is 24.3 Å². The van der Waals surface area contributed by atoms with E-state index in [-0.39, 0.29) is 24.8 Å². The van der Waals surface area contributed by atoms with E-state index in [0.29, 0.717) is 31.8 Å². The molecule has 0 aromatic heterocycles. The molecular formula is C14H19FN2O3. The zero-order chi connectivity index (χ0) is 14.6. The van der Waals surface area contributed by atoms with Gasteiger partial charge < -0.3 is 15.6 Å². The number of primary amides is 1. The van der Waals surface area contributed by atoms with Gasteiger partial charge in [-0.15, -0.1) is 0 Å². The van der Waals surface area contributed by atoms with E-state index in [1.807, 2.05) is 4.90 Å². The van der Waals surface area contributed by atoms with E-state index in [0.717, 1.165) is 0 Å². The molecule has 0 bridgehead atoms. The molecule has 0 unspecified atom stereocenters. The second-order valence-electron chi connectivity index (χ2n) is 5.21. The molecule has 0 saturated carbocycles. The summed E-state index contributed by atoms with van der Waals surface area (Å²) >= 11 is 0. The molecule has 2 rings (SSSR count). The van der Waals surface area contributed by atoms with Gasteiger partial charge in [-0.25, -0.2) is 4.39 Å². The number of ether oxygens (including phenoxy) is 1. The first-order valence-electron chi connectivity index (χ1n) is 6.58. The van der Waals surface area contributed by atoms with E-state index in [1.165, 1.54) is 24.3 Å². The van der Waals surface area contributed by atoms with Crippen LogP contribution in [0.4, 0.5) is 4.39 Å². The van der Waals surface area contributed by atoms with Crippen molar-refractivity contribution in [3.05, 3.63) is 30.1 Å². The summed E-state index contributed by atoms with van der Waals surface area (Å²) in [5.74, 6) is -0.145. The van der Waals surface area contributed by atoms with Crippen molar-refractivity contribution in [2.24, 2.45) is 5.73 Å². The van der Waals surface area contributed by atoms with Crippen molar-refractivity contribution in [3.63, 3.8) is 0 Å². The second kappa shape index (κ2) is 6.19. The SMILES string of the molecule is NC(=O)CCN1CC[C@@](O)(COc2ccc(F)cc2)C1. The Balaban J connectivity index is 1.80. The van der Waals surface area contributed by atoms with Gasteiger partial charge in [0.2, 0.25) is 5.91 Å². The first-order valence-corrected chi connectivity index (χ1v) is 6.58. The summed E-state index contributed by atoms with van der Waals surface area (Å²) in [6, 6.07) is 5.68. The second-order valence-corrected chi connectivity index (χ2v) is 5.21. The maximum absolute atomic E-state index is 12.8. The Labute approximate surface area is 117 Å². The summed E-state index contributed by atoms with van der Waals surface area (Å²) in [4.78, 5) is 12.7. The minimum Gasteiger partial charge on any atom is -0.491 e. The Morgan fingerprint density at radius 3 is 2.80 bits per heavy atom. The summed E-state index contributed by atoms with van der Waals surface area (Å²) < 4.78 is 18.2. The van der Waals surface area contributed by atoms with Crippen LogP contribution in [-0.2, 0) is 4.79 Å². The number of rotatable bonds is 6. The minimum atomic E-state index is -0.938. The molecule has 6 heteroatoms. The van der Waals surface area contributed by atoms with Gasteiger partial charge in [0, 0.05) is 26.1 Å². The first kappa shape index (κ1) is 14.7. The standard InChI is InChI=1S/C14H19FN2O3/c15-11-1-3-12(4-2-11)20-10-14(19)6-8-17(9-14)7-5-13(16)18/h1-4,19H,5-10H2,(H2,16,18)/t14-/m0/s1. The summed E-state index contributed by atoms with van der Waals surface area (Å²) in [5, 5.41) is 10.4. The van der Waals surface area contributed by atoms with Gasteiger partial charge in [-0.2, -0.15) is 0 Å². The van der Waals surface area contributed by atoms with E-state index >= 15 is 0 Å². The van der Waals surface area contributed by atoms with E-state index < -0.39 is 5.60 Å². The fourth-order valence-corrected chi connectivity index (χ4v) is 2.27. The molecular weight excluding hydrogens is 263 g/mol. The highest BCUT2D eigenvalue weighted by Crippen LogP contribution is 2.23. The summed E-state index contributed by atoms with van der Waals surface area (Å²) in [5.41, 5.74) is 4.16. The quantitative estimate of drug-likeness (QED) is 0.797. The third-order valence-electron chi connectivity index (χ3n) is 3.41. The molecule has 1 amide bonds. The average Bonchev–Trinajstić information content (AvgIpc) is 2.78. The Morgan fingerprint density at radius 1 is 1.45 bits per heavy atom. The molecule has 5 nitrogen and oxygen atoms in total. The fourth-order valence-electron chi connectivity index (χ4n) is 2.27. The van der Waals surface area contributed by atoms with Gasteiger partial charge in [-0.3, -0.25) is 9.69 Å². The highest BCUT2D eigenvalue weighted by molar-refractivity contribution is 5.73. The van der Waals surface area contributed by atoms with E-state index in [2.05, 4.69) is 0 Å². The topological polar surface area (TPSA) is 75.8 Å². The molecule has 1 aliphatic rings. The zero-order valence-electron chi connectivity index (χ0n) is 11.2. The van der Waals surface area contributed by atoms with Crippen molar-refractivity contribution >= 4 is 5.91 Å². The van der Waals surface area contributed by atoms with Crippen LogP contribution in [0.25, 0.3) is 0 Å². The highest BCUT2D eigenvalue weighted by atomic mass is 19.1. The number of halogens is 1. The van der Waals surface area contributed by atoms with Gasteiger partial charge in [-0.05, 0) is 30.7 Å². The lowest BCUT2D eigenvalue weighted by Gasteiger charge is -2.23. The first-order chi connectivity index (χ1) is 9.47. The molecule has 1 atom stereocenters. The third kappa shape index (κ3) is 4.18. The molecule has 1 heterocycles. The minimum absolute atomic E-state index is 0.145. The third-order valence-corrected chi connectivity index (χ3v) is 3.41. The van der Waals surface area contributed by atoms with Crippen LogP contribution in [-0.4, -0.2) is 47.8 Å². The number of nitrogens with two attached hydrogens (primary N) is 1. The lowest BCUT2D eigenvalue weighted by Crippen LogP contribution is -2.39. The molecule has 1 aliphatic heterocycles. The molecule has 1 aromatic rings. The molecule has 0 spiro atoms. The van der Waals surface area contributed by atoms with Crippen LogP contribution in [0.3, 0.4) is 0 Å². The normalized spacial score (nSPS) is 22.9. The molecule has 20 heavy (non-hydrogen) atoms.